The van der Waals surface area contributed by atoms with Gasteiger partial charge in [-0.15, -0.1) is 0 Å². The fourth-order valence-corrected chi connectivity index (χ4v) is 4.87. The molecular formula is C30H25F2N7O2. The number of benzene rings is 3. The molecule has 11 heteroatoms. The minimum absolute atomic E-state index is 0.115. The van der Waals surface area contributed by atoms with E-state index in [2.05, 4.69) is 9.97 Å². The first kappa shape index (κ1) is 26.1. The minimum atomic E-state index is -0.700. The molecule has 6 rings (SSSR count). The van der Waals surface area contributed by atoms with Crippen molar-refractivity contribution in [2.24, 2.45) is 0 Å². The topological polar surface area (TPSA) is 114 Å². The van der Waals surface area contributed by atoms with Crippen LogP contribution in [0.5, 0.6) is 5.75 Å². The molecular weight excluding hydrogens is 528 g/mol. The number of fused-ring (bicyclic) bond motifs is 2. The lowest BCUT2D eigenvalue weighted by Gasteiger charge is -2.19. The quantitative estimate of drug-likeness (QED) is 0.292. The Kier molecular flexibility index (Phi) is 6.41. The molecule has 0 spiro atoms. The van der Waals surface area contributed by atoms with E-state index in [1.165, 1.54) is 41.2 Å². The third kappa shape index (κ3) is 4.54. The molecule has 41 heavy (non-hydrogen) atoms. The van der Waals surface area contributed by atoms with E-state index < -0.39 is 17.7 Å². The van der Waals surface area contributed by atoms with Crippen LogP contribution in [-0.2, 0) is 0 Å². The largest absolute Gasteiger partial charge is 0.488 e. The summed E-state index contributed by atoms with van der Waals surface area (Å²) in [4.78, 5) is 27.1. The number of nitrogen functional groups attached to an aromatic ring is 1. The fraction of sp³-hybridized carbons (Fsp3) is 0.167. The van der Waals surface area contributed by atoms with Gasteiger partial charge in [0, 0.05) is 5.56 Å². The van der Waals surface area contributed by atoms with E-state index in [4.69, 9.17) is 20.6 Å². The Morgan fingerprint density at radius 2 is 1.76 bits per heavy atom. The van der Waals surface area contributed by atoms with Crippen molar-refractivity contribution in [3.05, 3.63) is 101 Å². The first-order valence-corrected chi connectivity index (χ1v) is 13.0. The molecule has 0 saturated carbocycles. The van der Waals surface area contributed by atoms with Gasteiger partial charge in [0.25, 0.3) is 5.56 Å². The molecule has 3 heterocycles. The van der Waals surface area contributed by atoms with E-state index in [9.17, 15) is 13.6 Å². The third-order valence-electron chi connectivity index (χ3n) is 6.69. The van der Waals surface area contributed by atoms with Gasteiger partial charge in [-0.3, -0.25) is 9.36 Å². The molecule has 0 aliphatic carbocycles. The van der Waals surface area contributed by atoms with Gasteiger partial charge in [-0.2, -0.15) is 5.10 Å². The molecule has 3 aromatic carbocycles. The van der Waals surface area contributed by atoms with Crippen LogP contribution in [-0.4, -0.2) is 35.4 Å². The summed E-state index contributed by atoms with van der Waals surface area (Å²) in [6, 6.07) is 16.5. The molecule has 0 radical (unpaired) electrons. The van der Waals surface area contributed by atoms with Crippen LogP contribution in [0.1, 0.15) is 32.6 Å². The summed E-state index contributed by atoms with van der Waals surface area (Å²) in [5, 5.41) is 5.58. The molecule has 1 unspecified atom stereocenters. The molecule has 206 valence electrons. The predicted octanol–water partition coefficient (Wildman–Crippen LogP) is 5.45. The van der Waals surface area contributed by atoms with Gasteiger partial charge < -0.3 is 10.5 Å². The number of para-hydroxylation sites is 1. The summed E-state index contributed by atoms with van der Waals surface area (Å²) in [7, 11) is 0. The molecule has 0 amide bonds. The number of nitrogens with two attached hydrogens (primary N) is 1. The smallest absolute Gasteiger partial charge is 0.266 e. The van der Waals surface area contributed by atoms with Gasteiger partial charge in [-0.25, -0.2) is 28.4 Å². The number of hydrogen-bond donors (Lipinski definition) is 1. The fourth-order valence-electron chi connectivity index (χ4n) is 4.87. The molecule has 0 fully saturated rings. The van der Waals surface area contributed by atoms with Crippen LogP contribution in [0.15, 0.2) is 77.9 Å². The lowest BCUT2D eigenvalue weighted by atomic mass is 10.1. The number of ether oxygens (including phenoxy) is 1. The number of nitrogens with zero attached hydrogens (tertiary/aromatic N) is 6. The van der Waals surface area contributed by atoms with E-state index in [-0.39, 0.29) is 23.2 Å². The number of anilines is 1. The summed E-state index contributed by atoms with van der Waals surface area (Å²) in [6.07, 6.45) is 1.10. The van der Waals surface area contributed by atoms with Gasteiger partial charge in [-0.05, 0) is 69.3 Å². The molecule has 9 nitrogen and oxygen atoms in total. The summed E-state index contributed by atoms with van der Waals surface area (Å²) in [5.74, 6) is -0.497. The lowest BCUT2D eigenvalue weighted by molar-refractivity contribution is 0.231. The van der Waals surface area contributed by atoms with E-state index in [1.807, 2.05) is 13.8 Å². The van der Waals surface area contributed by atoms with Crippen LogP contribution in [0.25, 0.3) is 38.9 Å². The predicted molar refractivity (Wildman–Crippen MR) is 152 cm³/mol. The first-order chi connectivity index (χ1) is 19.7. The number of aromatic nitrogens is 6. The van der Waals surface area contributed by atoms with Crippen molar-refractivity contribution >= 4 is 27.8 Å². The normalized spacial score (nSPS) is 12.3. The Labute approximate surface area is 232 Å². The summed E-state index contributed by atoms with van der Waals surface area (Å²) < 4.78 is 37.8. The van der Waals surface area contributed by atoms with Crippen LogP contribution in [0.4, 0.5) is 14.6 Å². The Balaban J connectivity index is 1.58. The number of rotatable bonds is 6. The van der Waals surface area contributed by atoms with E-state index in [0.717, 1.165) is 0 Å². The van der Waals surface area contributed by atoms with Crippen molar-refractivity contribution in [1.82, 2.24) is 29.3 Å². The van der Waals surface area contributed by atoms with Gasteiger partial charge in [0.05, 0.1) is 28.1 Å². The standard InChI is InChI=1S/C30H25F2N7O2/c1-16(2)41-24-12-11-18(13-22(24)32)26-25-27(33)34-15-35-29(25)39(37-26)17(3)28-36-23-10-5-4-9-21(23)30(40)38(28)20-8-6-7-19(31)14-20/h4-17H,1-3H3,(H2,33,34,35). The third-order valence-corrected chi connectivity index (χ3v) is 6.69. The molecule has 3 aromatic heterocycles. The second kappa shape index (κ2) is 10.1. The van der Waals surface area contributed by atoms with E-state index in [0.29, 0.717) is 44.7 Å². The number of halogens is 2. The maximum Gasteiger partial charge on any atom is 0.266 e. The van der Waals surface area contributed by atoms with Gasteiger partial charge in [0.2, 0.25) is 0 Å². The molecule has 1 atom stereocenters. The van der Waals surface area contributed by atoms with Crippen molar-refractivity contribution in [3.8, 4) is 22.7 Å². The summed E-state index contributed by atoms with van der Waals surface area (Å²) in [6.45, 7) is 5.42. The van der Waals surface area contributed by atoms with Gasteiger partial charge >= 0.3 is 0 Å². The highest BCUT2D eigenvalue weighted by Gasteiger charge is 2.26. The second-order valence-corrected chi connectivity index (χ2v) is 9.85. The van der Waals surface area contributed by atoms with Crippen LogP contribution in [0, 0.1) is 11.6 Å². The highest BCUT2D eigenvalue weighted by molar-refractivity contribution is 5.98. The van der Waals surface area contributed by atoms with Crippen molar-refractivity contribution < 1.29 is 13.5 Å². The lowest BCUT2D eigenvalue weighted by Crippen LogP contribution is -2.27. The Morgan fingerprint density at radius 3 is 2.51 bits per heavy atom. The van der Waals surface area contributed by atoms with Crippen molar-refractivity contribution in [2.45, 2.75) is 32.9 Å². The highest BCUT2D eigenvalue weighted by atomic mass is 19.1. The van der Waals surface area contributed by atoms with E-state index in [1.54, 1.807) is 48.0 Å². The van der Waals surface area contributed by atoms with Gasteiger partial charge in [0.15, 0.2) is 17.2 Å². The molecule has 0 bridgehead atoms. The minimum Gasteiger partial charge on any atom is -0.488 e. The Morgan fingerprint density at radius 1 is 0.951 bits per heavy atom. The monoisotopic (exact) mass is 553 g/mol. The Bertz CT molecular complexity index is 2000. The summed E-state index contributed by atoms with van der Waals surface area (Å²) >= 11 is 0. The molecule has 6 aromatic rings. The highest BCUT2D eigenvalue weighted by Crippen LogP contribution is 2.35. The average Bonchev–Trinajstić information content (AvgIpc) is 3.34. The molecule has 0 aliphatic heterocycles. The summed E-state index contributed by atoms with van der Waals surface area (Å²) in [5.41, 5.74) is 7.84. The van der Waals surface area contributed by atoms with Gasteiger partial charge in [-0.1, -0.05) is 18.2 Å². The first-order valence-electron chi connectivity index (χ1n) is 13.0. The van der Waals surface area contributed by atoms with Crippen molar-refractivity contribution in [3.63, 3.8) is 0 Å². The van der Waals surface area contributed by atoms with Gasteiger partial charge in [0.1, 0.15) is 35.5 Å². The molecule has 0 aliphatic rings. The van der Waals surface area contributed by atoms with Crippen LogP contribution in [0.2, 0.25) is 0 Å². The maximum atomic E-state index is 15.0. The second-order valence-electron chi connectivity index (χ2n) is 9.85. The average molecular weight is 554 g/mol. The van der Waals surface area contributed by atoms with Crippen molar-refractivity contribution in [1.29, 1.82) is 0 Å². The zero-order valence-electron chi connectivity index (χ0n) is 22.4. The zero-order valence-corrected chi connectivity index (χ0v) is 22.4. The van der Waals surface area contributed by atoms with Crippen LogP contribution >= 0.6 is 0 Å². The molecule has 0 saturated heterocycles. The molecule has 2 N–H and O–H groups in total. The zero-order chi connectivity index (χ0) is 28.8. The Hall–Kier alpha value is -5.19. The SMILES string of the molecule is CC(C)Oc1ccc(-c2nn(C(C)c3nc4ccccc4c(=O)n3-c3cccc(F)c3)c3ncnc(N)c23)cc1F. The maximum absolute atomic E-state index is 15.0. The number of hydrogen-bond acceptors (Lipinski definition) is 7. The van der Waals surface area contributed by atoms with Crippen molar-refractivity contribution in [2.75, 3.05) is 5.73 Å². The van der Waals surface area contributed by atoms with Crippen LogP contribution < -0.4 is 16.0 Å². The van der Waals surface area contributed by atoms with E-state index >= 15 is 0 Å². The van der Waals surface area contributed by atoms with Crippen LogP contribution in [0.3, 0.4) is 0 Å².